The van der Waals surface area contributed by atoms with Gasteiger partial charge in [-0.2, -0.15) is 4.98 Å². The minimum Gasteiger partial charge on any atom is -0.463 e. The molecular weight excluding hydrogens is 238 g/mol. The molecule has 1 aromatic rings. The third-order valence-electron chi connectivity index (χ3n) is 2.37. The summed E-state index contributed by atoms with van der Waals surface area (Å²) in [5, 5.41) is 0. The van der Waals surface area contributed by atoms with Crippen molar-refractivity contribution < 1.29 is 9.47 Å². The van der Waals surface area contributed by atoms with Crippen LogP contribution in [0.25, 0.3) is 0 Å². The van der Waals surface area contributed by atoms with Crippen LogP contribution in [-0.2, 0) is 4.74 Å². The Morgan fingerprint density at radius 3 is 2.82 bits per heavy atom. The number of methoxy groups -OCH3 is 1. The molecule has 0 unspecified atom stereocenters. The van der Waals surface area contributed by atoms with Crippen molar-refractivity contribution in [3.63, 3.8) is 0 Å². The first-order valence-electron chi connectivity index (χ1n) is 5.25. The Labute approximate surface area is 106 Å². The van der Waals surface area contributed by atoms with Crippen LogP contribution < -0.4 is 10.5 Å². The van der Waals surface area contributed by atoms with Crippen molar-refractivity contribution in [2.75, 3.05) is 13.7 Å². The lowest BCUT2D eigenvalue weighted by molar-refractivity contribution is 0.00466. The summed E-state index contributed by atoms with van der Waals surface area (Å²) in [5.41, 5.74) is 5.76. The highest BCUT2D eigenvalue weighted by molar-refractivity contribution is 7.80. The van der Waals surface area contributed by atoms with E-state index in [0.717, 1.165) is 6.42 Å². The van der Waals surface area contributed by atoms with Crippen LogP contribution >= 0.6 is 12.2 Å². The van der Waals surface area contributed by atoms with Gasteiger partial charge in [-0.3, -0.25) is 0 Å². The SMILES string of the molecule is COC(C)(C)CCOc1nccc(C(N)=S)n1. The van der Waals surface area contributed by atoms with Crippen molar-refractivity contribution >= 4 is 17.2 Å². The summed E-state index contributed by atoms with van der Waals surface area (Å²) in [4.78, 5) is 8.29. The third kappa shape index (κ3) is 4.62. The molecule has 0 bridgehead atoms. The number of rotatable bonds is 6. The van der Waals surface area contributed by atoms with Gasteiger partial charge >= 0.3 is 6.01 Å². The van der Waals surface area contributed by atoms with Gasteiger partial charge in [0.1, 0.15) is 10.7 Å². The summed E-state index contributed by atoms with van der Waals surface area (Å²) < 4.78 is 10.7. The fourth-order valence-corrected chi connectivity index (χ4v) is 1.15. The molecule has 0 aromatic carbocycles. The molecule has 0 spiro atoms. The fraction of sp³-hybridized carbons (Fsp3) is 0.545. The Kier molecular flexibility index (Phi) is 4.77. The van der Waals surface area contributed by atoms with Crippen LogP contribution in [0.1, 0.15) is 26.0 Å². The molecule has 0 amide bonds. The molecule has 1 rings (SSSR count). The molecule has 0 aliphatic rings. The number of hydrogen-bond donors (Lipinski definition) is 1. The molecule has 1 aromatic heterocycles. The predicted octanol–water partition coefficient (Wildman–Crippen LogP) is 1.30. The molecule has 0 radical (unpaired) electrons. The second kappa shape index (κ2) is 5.88. The van der Waals surface area contributed by atoms with Crippen LogP contribution in [0.5, 0.6) is 6.01 Å². The lowest BCUT2D eigenvalue weighted by atomic mass is 10.1. The topological polar surface area (TPSA) is 70.3 Å². The van der Waals surface area contributed by atoms with Crippen molar-refractivity contribution in [3.8, 4) is 6.01 Å². The summed E-state index contributed by atoms with van der Waals surface area (Å²) in [5.74, 6) is 0. The molecular formula is C11H17N3O2S. The van der Waals surface area contributed by atoms with E-state index in [0.29, 0.717) is 12.3 Å². The number of nitrogens with two attached hydrogens (primary N) is 1. The molecule has 0 saturated heterocycles. The van der Waals surface area contributed by atoms with Crippen molar-refractivity contribution in [2.45, 2.75) is 25.9 Å². The zero-order valence-corrected chi connectivity index (χ0v) is 11.1. The van der Waals surface area contributed by atoms with Gasteiger partial charge in [0.15, 0.2) is 0 Å². The average Bonchev–Trinajstić information content (AvgIpc) is 2.29. The second-order valence-corrected chi connectivity index (χ2v) is 4.59. The molecule has 0 fully saturated rings. The van der Waals surface area contributed by atoms with Crippen LogP contribution in [0.15, 0.2) is 12.3 Å². The highest BCUT2D eigenvalue weighted by Gasteiger charge is 2.16. The molecule has 6 heteroatoms. The molecule has 5 nitrogen and oxygen atoms in total. The average molecular weight is 255 g/mol. The summed E-state index contributed by atoms with van der Waals surface area (Å²) in [6.07, 6.45) is 2.31. The molecule has 0 atom stereocenters. The van der Waals surface area contributed by atoms with Crippen molar-refractivity contribution in [3.05, 3.63) is 18.0 Å². The van der Waals surface area contributed by atoms with Crippen LogP contribution in [0.3, 0.4) is 0 Å². The van der Waals surface area contributed by atoms with Gasteiger partial charge in [-0.25, -0.2) is 4.98 Å². The number of ether oxygens (including phenoxy) is 2. The van der Waals surface area contributed by atoms with Crippen LogP contribution in [-0.4, -0.2) is 34.3 Å². The van der Waals surface area contributed by atoms with Gasteiger partial charge in [0.25, 0.3) is 0 Å². The molecule has 94 valence electrons. The third-order valence-corrected chi connectivity index (χ3v) is 2.58. The first-order chi connectivity index (χ1) is 7.94. The van der Waals surface area contributed by atoms with Crippen molar-refractivity contribution in [1.82, 2.24) is 9.97 Å². The summed E-state index contributed by atoms with van der Waals surface area (Å²) in [7, 11) is 1.67. The highest BCUT2D eigenvalue weighted by atomic mass is 32.1. The Bertz CT molecular complexity index is 396. The molecule has 0 saturated carbocycles. The zero-order valence-electron chi connectivity index (χ0n) is 10.3. The maximum atomic E-state index is 5.47. The monoisotopic (exact) mass is 255 g/mol. The minimum absolute atomic E-state index is 0.221. The van der Waals surface area contributed by atoms with Crippen LogP contribution in [0, 0.1) is 0 Å². The van der Waals surface area contributed by atoms with Gasteiger partial charge in [-0.05, 0) is 19.9 Å². The maximum absolute atomic E-state index is 5.47. The van der Waals surface area contributed by atoms with E-state index >= 15 is 0 Å². The van der Waals surface area contributed by atoms with Crippen molar-refractivity contribution in [2.24, 2.45) is 5.73 Å². The molecule has 0 aliphatic carbocycles. The Morgan fingerprint density at radius 2 is 2.24 bits per heavy atom. The lowest BCUT2D eigenvalue weighted by Crippen LogP contribution is -2.25. The number of thiocarbonyl (C=S) groups is 1. The lowest BCUT2D eigenvalue weighted by Gasteiger charge is -2.22. The van der Waals surface area contributed by atoms with E-state index in [9.17, 15) is 0 Å². The van der Waals surface area contributed by atoms with Gasteiger partial charge in [0.2, 0.25) is 0 Å². The molecule has 17 heavy (non-hydrogen) atoms. The van der Waals surface area contributed by atoms with Crippen molar-refractivity contribution in [1.29, 1.82) is 0 Å². The normalized spacial score (nSPS) is 11.2. The fourth-order valence-electron chi connectivity index (χ4n) is 1.04. The summed E-state index contributed by atoms with van der Waals surface area (Å²) in [6, 6.07) is 1.93. The second-order valence-electron chi connectivity index (χ2n) is 4.15. The highest BCUT2D eigenvalue weighted by Crippen LogP contribution is 2.13. The summed E-state index contributed by atoms with van der Waals surface area (Å²) in [6.45, 7) is 4.45. The number of hydrogen-bond acceptors (Lipinski definition) is 5. The quantitative estimate of drug-likeness (QED) is 0.773. The first kappa shape index (κ1) is 13.8. The van der Waals surface area contributed by atoms with E-state index in [4.69, 9.17) is 27.4 Å². The molecule has 2 N–H and O–H groups in total. The van der Waals surface area contributed by atoms with Gasteiger partial charge < -0.3 is 15.2 Å². The Hall–Kier alpha value is -1.27. The van der Waals surface area contributed by atoms with Gasteiger partial charge in [0.05, 0.1) is 12.2 Å². The van der Waals surface area contributed by atoms with E-state index in [-0.39, 0.29) is 16.6 Å². The standard InChI is InChI=1S/C11H17N3O2S/c1-11(2,15-3)5-7-16-10-13-6-4-8(14-10)9(12)17/h4,6H,5,7H2,1-3H3,(H2,12,17). The van der Waals surface area contributed by atoms with Crippen LogP contribution in [0.2, 0.25) is 0 Å². The number of nitrogens with zero attached hydrogens (tertiary/aromatic N) is 2. The minimum atomic E-state index is -0.221. The smallest absolute Gasteiger partial charge is 0.316 e. The van der Waals surface area contributed by atoms with E-state index in [1.165, 1.54) is 0 Å². The molecule has 0 aliphatic heterocycles. The number of aromatic nitrogens is 2. The van der Waals surface area contributed by atoms with Gasteiger partial charge in [0, 0.05) is 19.7 Å². The van der Waals surface area contributed by atoms with Crippen LogP contribution in [0.4, 0.5) is 0 Å². The van der Waals surface area contributed by atoms with E-state index < -0.39 is 0 Å². The van der Waals surface area contributed by atoms with E-state index in [1.54, 1.807) is 19.4 Å². The molecule has 1 heterocycles. The zero-order chi connectivity index (χ0) is 12.9. The van der Waals surface area contributed by atoms with Gasteiger partial charge in [-0.1, -0.05) is 12.2 Å². The maximum Gasteiger partial charge on any atom is 0.316 e. The van der Waals surface area contributed by atoms with E-state index in [2.05, 4.69) is 9.97 Å². The van der Waals surface area contributed by atoms with Gasteiger partial charge in [-0.15, -0.1) is 0 Å². The Morgan fingerprint density at radius 1 is 1.53 bits per heavy atom. The van der Waals surface area contributed by atoms with E-state index in [1.807, 2.05) is 13.8 Å². The predicted molar refractivity (Wildman–Crippen MR) is 69.1 cm³/mol. The largest absolute Gasteiger partial charge is 0.463 e. The first-order valence-corrected chi connectivity index (χ1v) is 5.66. The summed E-state index contributed by atoms with van der Waals surface area (Å²) >= 11 is 4.82. The Balaban J connectivity index is 2.52.